The number of rotatable bonds is 2. The third kappa shape index (κ3) is 2.84. The molecule has 0 radical (unpaired) electrons. The number of aryl methyl sites for hydroxylation is 2. The molecule has 1 aromatic rings. The van der Waals surface area contributed by atoms with Gasteiger partial charge in [-0.3, -0.25) is 9.59 Å². The highest BCUT2D eigenvalue weighted by atomic mass is 32.1. The number of Topliss-reactive ketones (excluding diaryl/α,β-unsaturated/α-hetero) is 1. The van der Waals surface area contributed by atoms with E-state index in [1.54, 1.807) is 16.3 Å². The minimum Gasteiger partial charge on any atom is -0.294 e. The van der Waals surface area contributed by atoms with E-state index in [0.717, 1.165) is 23.3 Å². The minimum absolute atomic E-state index is 0.0810. The second kappa shape index (κ2) is 5.81. The average molecular weight is 346 g/mol. The van der Waals surface area contributed by atoms with E-state index in [1.807, 2.05) is 19.1 Å². The number of hydrazine groups is 1. The summed E-state index contributed by atoms with van der Waals surface area (Å²) in [6, 6.07) is 2.15. The van der Waals surface area contributed by atoms with Gasteiger partial charge in [-0.15, -0.1) is 11.3 Å². The normalized spacial score (nSPS) is 24.0. The predicted octanol–water partition coefficient (Wildman–Crippen LogP) is 3.80. The molecule has 0 aromatic carbocycles. The van der Waals surface area contributed by atoms with Crippen molar-refractivity contribution >= 4 is 23.0 Å². The third-order valence-corrected chi connectivity index (χ3v) is 5.95. The standard InChI is InChI=1S/C19H26N2O2S/c1-11-7-13(12(2)24-11)14-8-17(23)21(20(5)6)15-9-19(3,4)10-16(22)18(14)15/h7,14H,8-10H2,1-6H3/t14-/m0/s1. The third-order valence-electron chi connectivity index (χ3n) is 4.97. The fourth-order valence-electron chi connectivity index (χ4n) is 4.13. The summed E-state index contributed by atoms with van der Waals surface area (Å²) in [5.74, 6) is 0.198. The van der Waals surface area contributed by atoms with E-state index in [9.17, 15) is 9.59 Å². The Bertz CT molecular complexity index is 743. The SMILES string of the molecule is Cc1cc([C@@H]2CC(=O)N(N(C)C)C3=C2C(=O)CC(C)(C)C3)c(C)s1. The van der Waals surface area contributed by atoms with Gasteiger partial charge in [0.15, 0.2) is 5.78 Å². The highest BCUT2D eigenvalue weighted by molar-refractivity contribution is 7.12. The molecule has 5 heteroatoms. The second-order valence-corrected chi connectivity index (χ2v) is 9.44. The Balaban J connectivity index is 2.19. The molecular weight excluding hydrogens is 320 g/mol. The summed E-state index contributed by atoms with van der Waals surface area (Å²) in [7, 11) is 3.74. The minimum atomic E-state index is -0.105. The number of thiophene rings is 1. The van der Waals surface area contributed by atoms with E-state index in [4.69, 9.17) is 0 Å². The van der Waals surface area contributed by atoms with Gasteiger partial charge in [0, 0.05) is 53.9 Å². The zero-order valence-electron chi connectivity index (χ0n) is 15.4. The Morgan fingerprint density at radius 2 is 1.88 bits per heavy atom. The quantitative estimate of drug-likeness (QED) is 0.818. The molecule has 0 bridgehead atoms. The number of hydrogen-bond donors (Lipinski definition) is 0. The molecule has 0 unspecified atom stereocenters. The second-order valence-electron chi connectivity index (χ2n) is 7.98. The number of allylic oxidation sites excluding steroid dienone is 2. The Morgan fingerprint density at radius 1 is 1.21 bits per heavy atom. The van der Waals surface area contributed by atoms with Crippen molar-refractivity contribution in [3.05, 3.63) is 32.7 Å². The van der Waals surface area contributed by atoms with Crippen molar-refractivity contribution in [1.29, 1.82) is 0 Å². The van der Waals surface area contributed by atoms with Crippen LogP contribution in [-0.4, -0.2) is 35.8 Å². The molecule has 1 aliphatic heterocycles. The Kier molecular flexibility index (Phi) is 4.21. The Hall–Kier alpha value is -1.46. The summed E-state index contributed by atoms with van der Waals surface area (Å²) < 4.78 is 0. The number of nitrogens with zero attached hydrogens (tertiary/aromatic N) is 2. The van der Waals surface area contributed by atoms with Gasteiger partial charge in [0.1, 0.15) is 0 Å². The maximum atomic E-state index is 13.0. The first-order chi connectivity index (χ1) is 11.1. The first-order valence-electron chi connectivity index (χ1n) is 8.44. The molecule has 4 nitrogen and oxygen atoms in total. The van der Waals surface area contributed by atoms with Crippen molar-refractivity contribution in [3.8, 4) is 0 Å². The Labute approximate surface area is 148 Å². The highest BCUT2D eigenvalue weighted by Gasteiger charge is 2.45. The van der Waals surface area contributed by atoms with Crippen LogP contribution in [0, 0.1) is 19.3 Å². The van der Waals surface area contributed by atoms with Gasteiger partial charge in [0.2, 0.25) is 5.91 Å². The molecule has 2 heterocycles. The van der Waals surface area contributed by atoms with Gasteiger partial charge in [0.25, 0.3) is 0 Å². The maximum absolute atomic E-state index is 13.0. The molecule has 130 valence electrons. The van der Waals surface area contributed by atoms with E-state index in [2.05, 4.69) is 33.8 Å². The van der Waals surface area contributed by atoms with Crippen molar-refractivity contribution in [2.75, 3.05) is 14.1 Å². The van der Waals surface area contributed by atoms with Crippen LogP contribution < -0.4 is 0 Å². The topological polar surface area (TPSA) is 40.6 Å². The fourth-order valence-corrected chi connectivity index (χ4v) is 5.11. The molecule has 0 spiro atoms. The summed E-state index contributed by atoms with van der Waals surface area (Å²) in [4.78, 5) is 28.3. The van der Waals surface area contributed by atoms with Crippen molar-refractivity contribution in [2.24, 2.45) is 5.41 Å². The van der Waals surface area contributed by atoms with Gasteiger partial charge in [-0.1, -0.05) is 13.8 Å². The van der Waals surface area contributed by atoms with Crippen LogP contribution in [0.4, 0.5) is 0 Å². The van der Waals surface area contributed by atoms with Crippen LogP contribution >= 0.6 is 11.3 Å². The number of carbonyl (C=O) groups is 2. The monoisotopic (exact) mass is 346 g/mol. The van der Waals surface area contributed by atoms with Gasteiger partial charge >= 0.3 is 0 Å². The molecular formula is C19H26N2O2S. The molecule has 3 rings (SSSR count). The average Bonchev–Trinajstić information content (AvgIpc) is 2.74. The van der Waals surface area contributed by atoms with Crippen LogP contribution in [0.15, 0.2) is 17.3 Å². The van der Waals surface area contributed by atoms with Gasteiger partial charge in [-0.2, -0.15) is 0 Å². The zero-order valence-corrected chi connectivity index (χ0v) is 16.2. The molecule has 0 saturated heterocycles. The maximum Gasteiger partial charge on any atom is 0.242 e. The molecule has 1 aliphatic carbocycles. The first-order valence-corrected chi connectivity index (χ1v) is 9.26. The zero-order chi connectivity index (χ0) is 17.8. The van der Waals surface area contributed by atoms with Gasteiger partial charge < -0.3 is 0 Å². The molecule has 0 saturated carbocycles. The largest absolute Gasteiger partial charge is 0.294 e. The van der Waals surface area contributed by atoms with Gasteiger partial charge in [0.05, 0.1) is 0 Å². The fraction of sp³-hybridized carbons (Fsp3) is 0.579. The van der Waals surface area contributed by atoms with E-state index in [0.29, 0.717) is 12.8 Å². The molecule has 2 aliphatic rings. The number of ketones is 1. The van der Waals surface area contributed by atoms with E-state index >= 15 is 0 Å². The lowest BCUT2D eigenvalue weighted by molar-refractivity contribution is -0.143. The summed E-state index contributed by atoms with van der Waals surface area (Å²) in [5.41, 5.74) is 2.82. The summed E-state index contributed by atoms with van der Waals surface area (Å²) >= 11 is 1.74. The van der Waals surface area contributed by atoms with Crippen LogP contribution in [0.1, 0.15) is 54.3 Å². The van der Waals surface area contributed by atoms with Crippen molar-refractivity contribution in [3.63, 3.8) is 0 Å². The number of amides is 1. The van der Waals surface area contributed by atoms with Crippen LogP contribution in [0.5, 0.6) is 0 Å². The number of hydrogen-bond acceptors (Lipinski definition) is 4. The van der Waals surface area contributed by atoms with Gasteiger partial charge in [-0.25, -0.2) is 10.0 Å². The number of carbonyl (C=O) groups excluding carboxylic acids is 2. The van der Waals surface area contributed by atoms with Crippen LogP contribution in [0.3, 0.4) is 0 Å². The van der Waals surface area contributed by atoms with Crippen molar-refractivity contribution in [1.82, 2.24) is 10.0 Å². The molecule has 1 aromatic heterocycles. The molecule has 1 atom stereocenters. The Morgan fingerprint density at radius 3 is 2.42 bits per heavy atom. The predicted molar refractivity (Wildman–Crippen MR) is 96.7 cm³/mol. The molecule has 1 amide bonds. The lowest BCUT2D eigenvalue weighted by Crippen LogP contribution is -2.49. The van der Waals surface area contributed by atoms with Crippen molar-refractivity contribution < 1.29 is 9.59 Å². The van der Waals surface area contributed by atoms with Gasteiger partial charge in [-0.05, 0) is 37.3 Å². The summed E-state index contributed by atoms with van der Waals surface area (Å²) in [5, 5.41) is 3.54. The highest BCUT2D eigenvalue weighted by Crippen LogP contribution is 2.48. The van der Waals surface area contributed by atoms with Crippen LogP contribution in [0.25, 0.3) is 0 Å². The lowest BCUT2D eigenvalue weighted by Gasteiger charge is -2.44. The van der Waals surface area contributed by atoms with E-state index < -0.39 is 0 Å². The molecule has 24 heavy (non-hydrogen) atoms. The molecule has 0 fully saturated rings. The smallest absolute Gasteiger partial charge is 0.242 e. The lowest BCUT2D eigenvalue weighted by atomic mass is 9.69. The van der Waals surface area contributed by atoms with E-state index in [1.165, 1.54) is 9.75 Å². The summed E-state index contributed by atoms with van der Waals surface area (Å²) in [6.07, 6.45) is 1.69. The first kappa shape index (κ1) is 17.4. The van der Waals surface area contributed by atoms with E-state index in [-0.39, 0.29) is 23.0 Å². The van der Waals surface area contributed by atoms with Crippen molar-refractivity contribution in [2.45, 2.75) is 52.9 Å². The molecule has 0 N–H and O–H groups in total. The van der Waals surface area contributed by atoms with Crippen LogP contribution in [-0.2, 0) is 9.59 Å². The summed E-state index contributed by atoms with van der Waals surface area (Å²) in [6.45, 7) is 8.39. The van der Waals surface area contributed by atoms with Crippen LogP contribution in [0.2, 0.25) is 0 Å².